The van der Waals surface area contributed by atoms with Gasteiger partial charge in [0.25, 0.3) is 0 Å². The fraction of sp³-hybridized carbons (Fsp3) is 0.120. The van der Waals surface area contributed by atoms with Crippen LogP contribution in [0, 0.1) is 5.82 Å². The maximum absolute atomic E-state index is 13.4. The predicted octanol–water partition coefficient (Wildman–Crippen LogP) is 3.63. The van der Waals surface area contributed by atoms with Crippen molar-refractivity contribution in [3.63, 3.8) is 0 Å². The minimum Gasteiger partial charge on any atom is -0.493 e. The van der Waals surface area contributed by atoms with Crippen LogP contribution < -0.4 is 20.2 Å². The van der Waals surface area contributed by atoms with E-state index in [9.17, 15) is 22.4 Å². The first kappa shape index (κ1) is 24.0. The lowest BCUT2D eigenvalue weighted by Gasteiger charge is -2.16. The summed E-state index contributed by atoms with van der Waals surface area (Å²) in [5, 5.41) is 2.74. The Balaban J connectivity index is 1.91. The number of nitrogens with one attached hydrogen (secondary N) is 1. The van der Waals surface area contributed by atoms with Crippen LogP contribution in [0.2, 0.25) is 0 Å². The molecule has 0 unspecified atom stereocenters. The molecule has 0 aliphatic rings. The number of carbonyl (C=O) groups excluding carboxylic acids is 1. The summed E-state index contributed by atoms with van der Waals surface area (Å²) in [6.45, 7) is -0.299. The molecule has 1 heterocycles. The number of hydrogen-bond donors (Lipinski definition) is 1. The van der Waals surface area contributed by atoms with Gasteiger partial charge in [-0.15, -0.1) is 0 Å². The molecule has 4 rings (SSSR count). The normalized spacial score (nSPS) is 11.3. The van der Waals surface area contributed by atoms with Crippen LogP contribution in [0.25, 0.3) is 10.9 Å². The number of pyridine rings is 1. The van der Waals surface area contributed by atoms with Crippen molar-refractivity contribution in [2.45, 2.75) is 16.3 Å². The van der Waals surface area contributed by atoms with Crippen LogP contribution >= 0.6 is 0 Å². The Morgan fingerprint density at radius 1 is 0.971 bits per heavy atom. The number of fused-ring (bicyclic) bond motifs is 1. The molecular weight excluding hydrogens is 475 g/mol. The molecule has 0 aliphatic carbocycles. The number of benzene rings is 3. The number of ether oxygens (including phenoxy) is 2. The van der Waals surface area contributed by atoms with Gasteiger partial charge in [-0.3, -0.25) is 9.59 Å². The van der Waals surface area contributed by atoms with E-state index in [1.165, 1.54) is 30.9 Å². The number of aromatic nitrogens is 1. The Labute approximate surface area is 200 Å². The Kier molecular flexibility index (Phi) is 6.57. The molecule has 0 saturated carbocycles. The van der Waals surface area contributed by atoms with Crippen molar-refractivity contribution < 1.29 is 27.1 Å². The lowest BCUT2D eigenvalue weighted by molar-refractivity contribution is -0.116. The van der Waals surface area contributed by atoms with E-state index in [-0.39, 0.29) is 28.1 Å². The number of methoxy groups -OCH3 is 2. The Hall–Kier alpha value is -4.18. The topological polar surface area (TPSA) is 104 Å². The van der Waals surface area contributed by atoms with Crippen LogP contribution in [-0.2, 0) is 21.2 Å². The van der Waals surface area contributed by atoms with Gasteiger partial charge >= 0.3 is 0 Å². The van der Waals surface area contributed by atoms with Crippen molar-refractivity contribution in [2.75, 3.05) is 19.5 Å². The summed E-state index contributed by atoms with van der Waals surface area (Å²) >= 11 is 0. The van der Waals surface area contributed by atoms with Crippen molar-refractivity contribution in [2.24, 2.45) is 0 Å². The summed E-state index contributed by atoms with van der Waals surface area (Å²) < 4.78 is 52.0. The van der Waals surface area contributed by atoms with Gasteiger partial charge in [0.1, 0.15) is 17.3 Å². The standard InChI is InChI=1S/C25H21FN2O6S/c1-33-21-12-19-20(13-22(21)34-2)28(15-24(29)27-17-6-4-3-5-7-17)14-23(25(19)30)35(31,32)18-10-8-16(26)9-11-18/h3-14H,15H2,1-2H3,(H,27,29). The molecule has 3 aromatic carbocycles. The van der Waals surface area contributed by atoms with Crippen LogP contribution in [0.1, 0.15) is 0 Å². The number of anilines is 1. The summed E-state index contributed by atoms with van der Waals surface area (Å²) in [7, 11) is -1.53. The number of hydrogen-bond acceptors (Lipinski definition) is 6. The van der Waals surface area contributed by atoms with Gasteiger partial charge in [-0.25, -0.2) is 12.8 Å². The van der Waals surface area contributed by atoms with Crippen molar-refractivity contribution in [3.8, 4) is 11.5 Å². The van der Waals surface area contributed by atoms with Crippen LogP contribution in [0.4, 0.5) is 10.1 Å². The molecule has 0 fully saturated rings. The van der Waals surface area contributed by atoms with Gasteiger partial charge < -0.3 is 19.4 Å². The van der Waals surface area contributed by atoms with Gasteiger partial charge in [0.2, 0.25) is 21.2 Å². The quantitative estimate of drug-likeness (QED) is 0.392. The first-order valence-electron chi connectivity index (χ1n) is 10.4. The fourth-order valence-electron chi connectivity index (χ4n) is 3.63. The highest BCUT2D eigenvalue weighted by Gasteiger charge is 2.25. The Bertz CT molecular complexity index is 1570. The molecule has 10 heteroatoms. The van der Waals surface area contributed by atoms with E-state index in [1.54, 1.807) is 30.3 Å². The summed E-state index contributed by atoms with van der Waals surface area (Å²) in [6, 6.07) is 15.7. The number of rotatable bonds is 7. The molecule has 35 heavy (non-hydrogen) atoms. The number of carbonyl (C=O) groups is 1. The number of nitrogens with zero attached hydrogens (tertiary/aromatic N) is 1. The third-order valence-electron chi connectivity index (χ3n) is 5.34. The van der Waals surface area contributed by atoms with E-state index in [0.717, 1.165) is 30.5 Å². The first-order chi connectivity index (χ1) is 16.7. The maximum atomic E-state index is 13.4. The fourth-order valence-corrected chi connectivity index (χ4v) is 5.00. The monoisotopic (exact) mass is 496 g/mol. The summed E-state index contributed by atoms with van der Waals surface area (Å²) in [6.07, 6.45) is 1.11. The van der Waals surface area contributed by atoms with Gasteiger partial charge in [-0.05, 0) is 42.5 Å². The average Bonchev–Trinajstić information content (AvgIpc) is 2.85. The second-order valence-corrected chi connectivity index (χ2v) is 9.46. The van der Waals surface area contributed by atoms with Gasteiger partial charge in [-0.2, -0.15) is 0 Å². The zero-order valence-corrected chi connectivity index (χ0v) is 19.6. The molecule has 1 N–H and O–H groups in total. The van der Waals surface area contributed by atoms with E-state index < -0.39 is 31.9 Å². The predicted molar refractivity (Wildman–Crippen MR) is 128 cm³/mol. The molecule has 0 atom stereocenters. The van der Waals surface area contributed by atoms with E-state index in [2.05, 4.69) is 5.32 Å². The Morgan fingerprint density at radius 2 is 1.60 bits per heavy atom. The van der Waals surface area contributed by atoms with Crippen LogP contribution in [0.3, 0.4) is 0 Å². The Morgan fingerprint density at radius 3 is 2.23 bits per heavy atom. The third kappa shape index (κ3) is 4.73. The molecule has 1 aromatic heterocycles. The van der Waals surface area contributed by atoms with Gasteiger partial charge in [-0.1, -0.05) is 18.2 Å². The largest absolute Gasteiger partial charge is 0.493 e. The van der Waals surface area contributed by atoms with Crippen LogP contribution in [-0.4, -0.2) is 33.1 Å². The minimum atomic E-state index is -4.33. The highest BCUT2D eigenvalue weighted by atomic mass is 32.2. The van der Waals surface area contributed by atoms with Crippen molar-refractivity contribution in [3.05, 3.63) is 89.0 Å². The lowest BCUT2D eigenvalue weighted by atomic mass is 10.1. The molecule has 0 spiro atoms. The number of para-hydroxylation sites is 1. The molecule has 0 bridgehead atoms. The van der Waals surface area contributed by atoms with Gasteiger partial charge in [0.05, 0.1) is 30.0 Å². The van der Waals surface area contributed by atoms with Crippen LogP contribution in [0.5, 0.6) is 11.5 Å². The smallest absolute Gasteiger partial charge is 0.244 e. The lowest BCUT2D eigenvalue weighted by Crippen LogP contribution is -2.24. The molecule has 1 amide bonds. The third-order valence-corrected chi connectivity index (χ3v) is 7.10. The second kappa shape index (κ2) is 9.59. The first-order valence-corrected chi connectivity index (χ1v) is 11.9. The van der Waals surface area contributed by atoms with E-state index in [1.807, 2.05) is 0 Å². The number of sulfone groups is 1. The van der Waals surface area contributed by atoms with E-state index in [0.29, 0.717) is 11.4 Å². The molecule has 180 valence electrons. The van der Waals surface area contributed by atoms with E-state index >= 15 is 0 Å². The number of halogens is 1. The van der Waals surface area contributed by atoms with Crippen LogP contribution in [0.15, 0.2) is 87.5 Å². The zero-order valence-electron chi connectivity index (χ0n) is 18.8. The van der Waals surface area contributed by atoms with E-state index in [4.69, 9.17) is 9.47 Å². The highest BCUT2D eigenvalue weighted by Crippen LogP contribution is 2.32. The molecule has 0 radical (unpaired) electrons. The van der Waals surface area contributed by atoms with Gasteiger partial charge in [0, 0.05) is 18.0 Å². The summed E-state index contributed by atoms with van der Waals surface area (Å²) in [5.74, 6) is -0.546. The molecule has 0 aliphatic heterocycles. The summed E-state index contributed by atoms with van der Waals surface area (Å²) in [5.41, 5.74) is 0.0418. The van der Waals surface area contributed by atoms with Gasteiger partial charge in [0.15, 0.2) is 11.5 Å². The average molecular weight is 497 g/mol. The molecular formula is C25H21FN2O6S. The minimum absolute atomic E-state index is 0.0124. The molecule has 0 saturated heterocycles. The SMILES string of the molecule is COc1cc2c(=O)c(S(=O)(=O)c3ccc(F)cc3)cn(CC(=O)Nc3ccccc3)c2cc1OC. The molecule has 4 aromatic rings. The maximum Gasteiger partial charge on any atom is 0.244 e. The summed E-state index contributed by atoms with van der Waals surface area (Å²) in [4.78, 5) is 25.3. The zero-order chi connectivity index (χ0) is 25.2. The van der Waals surface area contributed by atoms with Crippen molar-refractivity contribution >= 4 is 32.3 Å². The number of amides is 1. The van der Waals surface area contributed by atoms with Crippen molar-refractivity contribution in [1.29, 1.82) is 0 Å². The highest BCUT2D eigenvalue weighted by molar-refractivity contribution is 7.91. The second-order valence-electron chi connectivity index (χ2n) is 7.55. The van der Waals surface area contributed by atoms with Crippen molar-refractivity contribution in [1.82, 2.24) is 4.57 Å². The molecule has 8 nitrogen and oxygen atoms in total.